The van der Waals surface area contributed by atoms with E-state index in [-0.39, 0.29) is 11.3 Å². The second-order valence-corrected chi connectivity index (χ2v) is 6.13. The lowest BCUT2D eigenvalue weighted by molar-refractivity contribution is 0.0778. The number of hydrogen-bond donors (Lipinski definition) is 1. The Hall–Kier alpha value is -1.29. The number of carbonyl (C=O) groups is 1. The first-order valence-corrected chi connectivity index (χ1v) is 6.99. The standard InChI is InChI=1S/C14H20ClN3O/c1-4-16-12-11(15)7-10(8-17-12)13(19)18-6-5-14(2,3)9-18/h7-8H,4-6,9H2,1-3H3,(H,16,17). The molecule has 0 aromatic carbocycles. The lowest BCUT2D eigenvalue weighted by Gasteiger charge is -2.20. The van der Waals surface area contributed by atoms with E-state index in [4.69, 9.17) is 11.6 Å². The van der Waals surface area contributed by atoms with Crippen LogP contribution in [0.2, 0.25) is 5.02 Å². The Morgan fingerprint density at radius 2 is 2.32 bits per heavy atom. The number of aromatic nitrogens is 1. The minimum Gasteiger partial charge on any atom is -0.369 e. The summed E-state index contributed by atoms with van der Waals surface area (Å²) >= 11 is 6.12. The molecule has 1 aliphatic rings. The van der Waals surface area contributed by atoms with Crippen molar-refractivity contribution < 1.29 is 4.79 Å². The Balaban J connectivity index is 2.14. The van der Waals surface area contributed by atoms with Gasteiger partial charge in [-0.05, 0) is 24.8 Å². The van der Waals surface area contributed by atoms with Gasteiger partial charge in [-0.15, -0.1) is 0 Å². The van der Waals surface area contributed by atoms with Gasteiger partial charge in [0, 0.05) is 25.8 Å². The maximum absolute atomic E-state index is 12.4. The zero-order chi connectivity index (χ0) is 14.0. The Morgan fingerprint density at radius 3 is 2.84 bits per heavy atom. The molecule has 5 heteroatoms. The summed E-state index contributed by atoms with van der Waals surface area (Å²) in [7, 11) is 0. The van der Waals surface area contributed by atoms with Crippen molar-refractivity contribution in [1.29, 1.82) is 0 Å². The zero-order valence-corrected chi connectivity index (χ0v) is 12.4. The summed E-state index contributed by atoms with van der Waals surface area (Å²) in [4.78, 5) is 18.4. The predicted molar refractivity (Wildman–Crippen MR) is 77.7 cm³/mol. The van der Waals surface area contributed by atoms with Crippen molar-refractivity contribution in [3.8, 4) is 0 Å². The molecule has 1 aromatic heterocycles. The van der Waals surface area contributed by atoms with Gasteiger partial charge in [0.25, 0.3) is 5.91 Å². The smallest absolute Gasteiger partial charge is 0.255 e. The number of likely N-dealkylation sites (tertiary alicyclic amines) is 1. The number of nitrogens with one attached hydrogen (secondary N) is 1. The molecule has 1 aliphatic heterocycles. The first kappa shape index (κ1) is 14.1. The quantitative estimate of drug-likeness (QED) is 0.926. The average molecular weight is 282 g/mol. The lowest BCUT2D eigenvalue weighted by atomic mass is 9.93. The zero-order valence-electron chi connectivity index (χ0n) is 11.7. The van der Waals surface area contributed by atoms with Gasteiger partial charge in [0.15, 0.2) is 0 Å². The van der Waals surface area contributed by atoms with E-state index in [2.05, 4.69) is 24.1 Å². The van der Waals surface area contributed by atoms with E-state index in [1.807, 2.05) is 11.8 Å². The fourth-order valence-corrected chi connectivity index (χ4v) is 2.55. The molecular weight excluding hydrogens is 262 g/mol. The van der Waals surface area contributed by atoms with Crippen LogP contribution in [0.4, 0.5) is 5.82 Å². The number of hydrogen-bond acceptors (Lipinski definition) is 3. The normalized spacial score (nSPS) is 17.6. The van der Waals surface area contributed by atoms with Gasteiger partial charge in [0.1, 0.15) is 5.82 Å². The first-order chi connectivity index (χ1) is 8.93. The summed E-state index contributed by atoms with van der Waals surface area (Å²) in [6, 6.07) is 1.69. The topological polar surface area (TPSA) is 45.2 Å². The van der Waals surface area contributed by atoms with Crippen LogP contribution in [0.5, 0.6) is 0 Å². The Labute approximate surface area is 119 Å². The largest absolute Gasteiger partial charge is 0.369 e. The Morgan fingerprint density at radius 1 is 1.58 bits per heavy atom. The van der Waals surface area contributed by atoms with Crippen LogP contribution in [-0.2, 0) is 0 Å². The molecule has 2 heterocycles. The molecule has 1 saturated heterocycles. The molecule has 4 nitrogen and oxygen atoms in total. The van der Waals surface area contributed by atoms with E-state index in [1.165, 1.54) is 0 Å². The third kappa shape index (κ3) is 3.18. The summed E-state index contributed by atoms with van der Waals surface area (Å²) in [6.45, 7) is 8.68. The van der Waals surface area contributed by atoms with Crippen LogP contribution in [0.1, 0.15) is 37.6 Å². The van der Waals surface area contributed by atoms with E-state index in [1.54, 1.807) is 12.3 Å². The molecule has 0 bridgehead atoms. The number of anilines is 1. The Kier molecular flexibility index (Phi) is 3.99. The van der Waals surface area contributed by atoms with Crippen molar-refractivity contribution in [1.82, 2.24) is 9.88 Å². The number of pyridine rings is 1. The van der Waals surface area contributed by atoms with Gasteiger partial charge in [-0.2, -0.15) is 0 Å². The average Bonchev–Trinajstić information content (AvgIpc) is 2.71. The maximum atomic E-state index is 12.4. The molecule has 0 atom stereocenters. The van der Waals surface area contributed by atoms with E-state index < -0.39 is 0 Å². The number of rotatable bonds is 3. The SMILES string of the molecule is CCNc1ncc(C(=O)N2CCC(C)(C)C2)cc1Cl. The monoisotopic (exact) mass is 281 g/mol. The molecule has 1 fully saturated rings. The molecule has 104 valence electrons. The third-order valence-corrected chi connectivity index (χ3v) is 3.69. The van der Waals surface area contributed by atoms with Crippen molar-refractivity contribution in [2.45, 2.75) is 27.2 Å². The van der Waals surface area contributed by atoms with Crippen molar-refractivity contribution in [2.24, 2.45) is 5.41 Å². The minimum atomic E-state index is 0.0167. The molecule has 1 N–H and O–H groups in total. The van der Waals surface area contributed by atoms with Crippen molar-refractivity contribution in [3.63, 3.8) is 0 Å². The van der Waals surface area contributed by atoms with Gasteiger partial charge in [-0.25, -0.2) is 4.98 Å². The maximum Gasteiger partial charge on any atom is 0.255 e. The summed E-state index contributed by atoms with van der Waals surface area (Å²) < 4.78 is 0. The minimum absolute atomic E-state index is 0.0167. The molecule has 1 aromatic rings. The molecular formula is C14H20ClN3O. The van der Waals surface area contributed by atoms with E-state index in [9.17, 15) is 4.79 Å². The summed E-state index contributed by atoms with van der Waals surface area (Å²) in [5.74, 6) is 0.644. The van der Waals surface area contributed by atoms with Crippen LogP contribution < -0.4 is 5.32 Å². The highest BCUT2D eigenvalue weighted by atomic mass is 35.5. The lowest BCUT2D eigenvalue weighted by Crippen LogP contribution is -2.30. The van der Waals surface area contributed by atoms with Crippen LogP contribution >= 0.6 is 11.6 Å². The number of halogens is 1. The molecule has 0 unspecified atom stereocenters. The Bertz CT molecular complexity index is 488. The molecule has 1 amide bonds. The number of amides is 1. The highest BCUT2D eigenvalue weighted by molar-refractivity contribution is 6.33. The molecule has 0 radical (unpaired) electrons. The number of carbonyl (C=O) groups excluding carboxylic acids is 1. The summed E-state index contributed by atoms with van der Waals surface area (Å²) in [5.41, 5.74) is 0.765. The van der Waals surface area contributed by atoms with E-state index in [0.717, 1.165) is 26.1 Å². The molecule has 2 rings (SSSR count). The fraction of sp³-hybridized carbons (Fsp3) is 0.571. The van der Waals surface area contributed by atoms with E-state index >= 15 is 0 Å². The fourth-order valence-electron chi connectivity index (χ4n) is 2.32. The highest BCUT2D eigenvalue weighted by Gasteiger charge is 2.32. The summed E-state index contributed by atoms with van der Waals surface area (Å²) in [5, 5.41) is 3.55. The molecule has 0 spiro atoms. The number of nitrogens with zero attached hydrogens (tertiary/aromatic N) is 2. The van der Waals surface area contributed by atoms with Gasteiger partial charge in [0.05, 0.1) is 10.6 Å². The van der Waals surface area contributed by atoms with Crippen molar-refractivity contribution in [2.75, 3.05) is 25.0 Å². The highest BCUT2D eigenvalue weighted by Crippen LogP contribution is 2.30. The van der Waals surface area contributed by atoms with Crippen LogP contribution in [0.25, 0.3) is 0 Å². The third-order valence-electron chi connectivity index (χ3n) is 3.40. The van der Waals surface area contributed by atoms with Crippen LogP contribution in [-0.4, -0.2) is 35.4 Å². The van der Waals surface area contributed by atoms with Crippen molar-refractivity contribution >= 4 is 23.3 Å². The van der Waals surface area contributed by atoms with Gasteiger partial charge >= 0.3 is 0 Å². The first-order valence-electron chi connectivity index (χ1n) is 6.61. The molecule has 19 heavy (non-hydrogen) atoms. The van der Waals surface area contributed by atoms with Gasteiger partial charge in [0.2, 0.25) is 0 Å². The van der Waals surface area contributed by atoms with Crippen LogP contribution in [0.3, 0.4) is 0 Å². The van der Waals surface area contributed by atoms with Gasteiger partial charge < -0.3 is 10.2 Å². The van der Waals surface area contributed by atoms with Crippen LogP contribution in [0.15, 0.2) is 12.3 Å². The second-order valence-electron chi connectivity index (χ2n) is 5.73. The molecule has 0 saturated carbocycles. The second kappa shape index (κ2) is 5.37. The predicted octanol–water partition coefficient (Wildman–Crippen LogP) is 3.04. The van der Waals surface area contributed by atoms with E-state index in [0.29, 0.717) is 16.4 Å². The van der Waals surface area contributed by atoms with Crippen LogP contribution in [0, 0.1) is 5.41 Å². The van der Waals surface area contributed by atoms with Crippen molar-refractivity contribution in [3.05, 3.63) is 22.8 Å². The van der Waals surface area contributed by atoms with Gasteiger partial charge in [-0.3, -0.25) is 4.79 Å². The summed E-state index contributed by atoms with van der Waals surface area (Å²) in [6.07, 6.45) is 2.63. The molecule has 0 aliphatic carbocycles. The van der Waals surface area contributed by atoms with Gasteiger partial charge in [-0.1, -0.05) is 25.4 Å².